The van der Waals surface area contributed by atoms with Crippen LogP contribution >= 0.6 is 23.2 Å². The molecule has 0 atom stereocenters. The Hall–Kier alpha value is -5.97. The Morgan fingerprint density at radius 3 is 1.77 bits per heavy atom. The molecule has 0 aliphatic rings. The minimum absolute atomic E-state index is 0. The molecule has 6 rings (SSSR count). The van der Waals surface area contributed by atoms with Crippen molar-refractivity contribution in [3.05, 3.63) is 134 Å². The fourth-order valence-corrected chi connectivity index (χ4v) is 5.91. The molecule has 6 aromatic rings. The standard InChI is InChI=1S/C20H18ClN3O4.C19H16ClN3O4.Co/c1-11-8-13(21)9-16(20(26)27)18(11)22-10-17-12(2)23-24(19(17)25)14-4-6-15(28-3)7-5-14;1-11-6-14(20)7-16(19(26)27)17(11)21-8-13-9-22-23(18(13)25)15-4-2-12(10-24)3-5-15;/h4-10,25H,1-3H3,(H,26,27);2-9,24-25H,10H2,1H3,(H,26,27);. The number of aryl methyl sites for hydroxylation is 3. The van der Waals surface area contributed by atoms with Gasteiger partial charge in [0.05, 0.1) is 70.6 Å². The number of nitrogens with zero attached hydrogens (tertiary/aromatic N) is 6. The molecule has 2 aromatic heterocycles. The molecule has 0 saturated carbocycles. The molecule has 0 amide bonds. The van der Waals surface area contributed by atoms with Crippen molar-refractivity contribution in [2.24, 2.45) is 9.98 Å². The molecule has 291 valence electrons. The third kappa shape index (κ3) is 9.63. The summed E-state index contributed by atoms with van der Waals surface area (Å²) in [5.41, 5.74) is 4.96. The third-order valence-electron chi connectivity index (χ3n) is 8.18. The summed E-state index contributed by atoms with van der Waals surface area (Å²) in [5.74, 6) is -1.83. The fraction of sp³-hybridized carbons (Fsp3) is 0.128. The van der Waals surface area contributed by atoms with Gasteiger partial charge in [0.25, 0.3) is 0 Å². The maximum atomic E-state index is 11.5. The van der Waals surface area contributed by atoms with Gasteiger partial charge in [0, 0.05) is 39.3 Å². The van der Waals surface area contributed by atoms with Crippen molar-refractivity contribution in [2.45, 2.75) is 27.4 Å². The predicted molar refractivity (Wildman–Crippen MR) is 208 cm³/mol. The van der Waals surface area contributed by atoms with E-state index in [1.165, 1.54) is 40.1 Å². The minimum Gasteiger partial charge on any atom is -0.497 e. The maximum Gasteiger partial charge on any atom is 0.337 e. The summed E-state index contributed by atoms with van der Waals surface area (Å²) in [4.78, 5) is 31.5. The predicted octanol–water partition coefficient (Wildman–Crippen LogP) is 7.78. The van der Waals surface area contributed by atoms with Crippen LogP contribution in [0.25, 0.3) is 11.4 Å². The molecule has 0 aliphatic heterocycles. The average Bonchev–Trinajstić information content (AvgIpc) is 3.67. The Morgan fingerprint density at radius 2 is 1.27 bits per heavy atom. The minimum atomic E-state index is -1.14. The van der Waals surface area contributed by atoms with Crippen LogP contribution in [0.1, 0.15) is 54.2 Å². The number of halogens is 2. The van der Waals surface area contributed by atoms with Crippen LogP contribution in [0, 0.1) is 20.8 Å². The van der Waals surface area contributed by atoms with Crippen molar-refractivity contribution in [2.75, 3.05) is 7.11 Å². The van der Waals surface area contributed by atoms with Gasteiger partial charge < -0.3 is 30.3 Å². The number of ether oxygens (including phenoxy) is 1. The zero-order valence-corrected chi connectivity index (χ0v) is 32.7. The SMILES string of the molecule is COc1ccc(-n2nc(C)c(C=Nc3c(C)cc(Cl)cc3C(=O)O)c2O)cc1.Cc1cc(Cl)cc(C(=O)O)c1N=Cc1cnn(-c2ccc(CO)cc2)c1O.[Co]. The van der Waals surface area contributed by atoms with Crippen LogP contribution in [0.2, 0.25) is 10.0 Å². The molecule has 0 aliphatic carbocycles. The van der Waals surface area contributed by atoms with E-state index in [-0.39, 0.29) is 57.6 Å². The van der Waals surface area contributed by atoms with E-state index >= 15 is 0 Å². The van der Waals surface area contributed by atoms with E-state index in [2.05, 4.69) is 20.2 Å². The first-order valence-corrected chi connectivity index (χ1v) is 17.0. The molecule has 56 heavy (non-hydrogen) atoms. The van der Waals surface area contributed by atoms with E-state index in [1.807, 2.05) is 0 Å². The number of aromatic carboxylic acids is 2. The quantitative estimate of drug-likeness (QED) is 0.0847. The first-order valence-electron chi connectivity index (χ1n) is 16.3. The number of aromatic hydroxyl groups is 2. The van der Waals surface area contributed by atoms with E-state index < -0.39 is 11.9 Å². The number of rotatable bonds is 10. The summed E-state index contributed by atoms with van der Waals surface area (Å²) in [6, 6.07) is 19.8. The fourth-order valence-electron chi connectivity index (χ4n) is 5.36. The Morgan fingerprint density at radius 1 is 0.768 bits per heavy atom. The van der Waals surface area contributed by atoms with E-state index in [9.17, 15) is 30.0 Å². The molecule has 0 unspecified atom stereocenters. The first kappa shape index (κ1) is 42.8. The molecular formula is C39H34Cl2CoN6O8. The van der Waals surface area contributed by atoms with Gasteiger partial charge in [0.1, 0.15) is 5.75 Å². The summed E-state index contributed by atoms with van der Waals surface area (Å²) >= 11 is 11.9. The molecule has 0 saturated heterocycles. The van der Waals surface area contributed by atoms with Gasteiger partial charge in [-0.25, -0.2) is 19.0 Å². The van der Waals surface area contributed by atoms with Gasteiger partial charge in [0.2, 0.25) is 11.8 Å². The first-order chi connectivity index (χ1) is 26.2. The summed E-state index contributed by atoms with van der Waals surface area (Å²) in [7, 11) is 1.57. The normalized spacial score (nSPS) is 11.0. The van der Waals surface area contributed by atoms with E-state index in [0.29, 0.717) is 55.1 Å². The number of hydrogen-bond donors (Lipinski definition) is 5. The molecule has 0 bridgehead atoms. The second-order valence-electron chi connectivity index (χ2n) is 12.0. The number of benzene rings is 4. The summed E-state index contributed by atoms with van der Waals surface area (Å²) in [6.45, 7) is 5.08. The largest absolute Gasteiger partial charge is 0.497 e. The van der Waals surface area contributed by atoms with Crippen LogP contribution in [0.15, 0.2) is 89.0 Å². The number of methoxy groups -OCH3 is 1. The smallest absolute Gasteiger partial charge is 0.337 e. The second-order valence-corrected chi connectivity index (χ2v) is 12.8. The van der Waals surface area contributed by atoms with Crippen molar-refractivity contribution in [1.29, 1.82) is 0 Å². The summed E-state index contributed by atoms with van der Waals surface area (Å²) in [5, 5.41) is 57.9. The van der Waals surface area contributed by atoms with Crippen LogP contribution in [-0.2, 0) is 23.4 Å². The van der Waals surface area contributed by atoms with Gasteiger partial charge in [0.15, 0.2) is 0 Å². The van der Waals surface area contributed by atoms with Crippen molar-refractivity contribution in [3.63, 3.8) is 0 Å². The van der Waals surface area contributed by atoms with E-state index in [4.69, 9.17) is 33.0 Å². The van der Waals surface area contributed by atoms with Gasteiger partial charge in [-0.05, 0) is 98.1 Å². The van der Waals surface area contributed by atoms with Crippen LogP contribution in [0.4, 0.5) is 11.4 Å². The molecule has 17 heteroatoms. The summed E-state index contributed by atoms with van der Waals surface area (Å²) in [6.07, 6.45) is 4.18. The molecule has 4 aromatic carbocycles. The number of carbonyl (C=O) groups is 2. The van der Waals surface area contributed by atoms with Crippen molar-refractivity contribution in [3.8, 4) is 28.9 Å². The van der Waals surface area contributed by atoms with Crippen molar-refractivity contribution in [1.82, 2.24) is 19.6 Å². The molecule has 0 spiro atoms. The number of aliphatic imine (C=N–C) groups is 2. The van der Waals surface area contributed by atoms with Gasteiger partial charge in [-0.15, -0.1) is 0 Å². The van der Waals surface area contributed by atoms with E-state index in [1.54, 1.807) is 88.5 Å². The zero-order valence-electron chi connectivity index (χ0n) is 30.1. The van der Waals surface area contributed by atoms with Crippen molar-refractivity contribution < 1.29 is 56.6 Å². The molecule has 2 heterocycles. The van der Waals surface area contributed by atoms with Crippen LogP contribution < -0.4 is 4.74 Å². The third-order valence-corrected chi connectivity index (χ3v) is 8.62. The molecule has 5 N–H and O–H groups in total. The van der Waals surface area contributed by atoms with Gasteiger partial charge in [-0.3, -0.25) is 9.98 Å². The van der Waals surface area contributed by atoms with Crippen LogP contribution in [-0.4, -0.2) is 76.6 Å². The monoisotopic (exact) mass is 843 g/mol. The Bertz CT molecular complexity index is 2450. The zero-order chi connectivity index (χ0) is 40.0. The number of aliphatic hydroxyl groups is 1. The molecule has 0 fully saturated rings. The number of carboxylic acid groups (broad SMARTS) is 2. The Labute approximate surface area is 340 Å². The van der Waals surface area contributed by atoms with Gasteiger partial charge in [-0.1, -0.05) is 35.3 Å². The maximum absolute atomic E-state index is 11.5. The Balaban J connectivity index is 0.000000244. The molecular weight excluding hydrogens is 810 g/mol. The topological polar surface area (TPSA) is 205 Å². The average molecular weight is 845 g/mol. The Kier molecular flexibility index (Phi) is 14.2. The second kappa shape index (κ2) is 18.6. The van der Waals surface area contributed by atoms with Gasteiger partial charge in [-0.2, -0.15) is 10.2 Å². The number of aromatic nitrogens is 4. The summed E-state index contributed by atoms with van der Waals surface area (Å²) < 4.78 is 7.82. The molecule has 1 radical (unpaired) electrons. The molecule has 14 nitrogen and oxygen atoms in total. The van der Waals surface area contributed by atoms with Gasteiger partial charge >= 0.3 is 11.9 Å². The number of carboxylic acids is 2. The van der Waals surface area contributed by atoms with Crippen molar-refractivity contribution >= 4 is 58.9 Å². The van der Waals surface area contributed by atoms with Crippen LogP contribution in [0.5, 0.6) is 17.5 Å². The van der Waals surface area contributed by atoms with E-state index in [0.717, 1.165) is 5.56 Å². The number of hydrogen-bond acceptors (Lipinski definition) is 10. The number of aliphatic hydroxyl groups excluding tert-OH is 1. The van der Waals surface area contributed by atoms with Crippen LogP contribution in [0.3, 0.4) is 0 Å².